The molecule has 5 heteroatoms. The minimum Gasteiger partial charge on any atom is -0.381 e. The Morgan fingerprint density at radius 3 is 2.77 bits per heavy atom. The summed E-state index contributed by atoms with van der Waals surface area (Å²) in [4.78, 5) is 8.35. The number of nitrogens with zero attached hydrogens (tertiary/aromatic N) is 3. The van der Waals surface area contributed by atoms with E-state index in [2.05, 4.69) is 39.4 Å². The Labute approximate surface area is 91.1 Å². The summed E-state index contributed by atoms with van der Waals surface area (Å²) in [6.45, 7) is 7.37. The molecule has 0 spiro atoms. The van der Waals surface area contributed by atoms with Crippen molar-refractivity contribution in [1.29, 1.82) is 0 Å². The lowest BCUT2D eigenvalue weighted by Gasteiger charge is -1.96. The topological polar surface area (TPSA) is 56.2 Å². The van der Waals surface area contributed by atoms with Crippen LogP contribution in [-0.4, -0.2) is 13.5 Å². The Hall–Kier alpha value is -0.850. The highest BCUT2D eigenvalue weighted by molar-refractivity contribution is 14.1. The Kier molecular flexibility index (Phi) is 3.07. The lowest BCUT2D eigenvalue weighted by Crippen LogP contribution is -1.88. The zero-order valence-electron chi connectivity index (χ0n) is 7.58. The van der Waals surface area contributed by atoms with Crippen LogP contribution in [0.15, 0.2) is 17.6 Å². The molecule has 1 aromatic rings. The van der Waals surface area contributed by atoms with Gasteiger partial charge in [-0.15, -0.1) is 0 Å². The summed E-state index contributed by atoms with van der Waals surface area (Å²) < 4.78 is 1.82. The number of rotatable bonds is 2. The third-order valence-electron chi connectivity index (χ3n) is 1.56. The molecule has 0 atom stereocenters. The number of halogens is 1. The van der Waals surface area contributed by atoms with Crippen molar-refractivity contribution < 1.29 is 0 Å². The highest BCUT2D eigenvalue weighted by Crippen LogP contribution is 2.25. The normalized spacial score (nSPS) is 11.8. The van der Waals surface area contributed by atoms with Crippen LogP contribution in [0.3, 0.4) is 0 Å². The minimum absolute atomic E-state index is 0.452. The second-order valence-electron chi connectivity index (χ2n) is 2.61. The fourth-order valence-electron chi connectivity index (χ4n) is 0.836. The van der Waals surface area contributed by atoms with Crippen molar-refractivity contribution in [3.8, 4) is 0 Å². The third kappa shape index (κ3) is 2.09. The predicted molar refractivity (Wildman–Crippen MR) is 63.8 cm³/mol. The number of aliphatic imine (C=N–C) groups is 1. The molecule has 0 aromatic carbocycles. The van der Waals surface area contributed by atoms with E-state index in [1.54, 1.807) is 6.08 Å². The Morgan fingerprint density at radius 2 is 2.38 bits per heavy atom. The highest BCUT2D eigenvalue weighted by atomic mass is 127. The molecule has 0 aliphatic heterocycles. The Balaban J connectivity index is 3.21. The highest BCUT2D eigenvalue weighted by Gasteiger charge is 2.08. The fourth-order valence-corrected chi connectivity index (χ4v) is 1.30. The number of aromatic nitrogens is 2. The zero-order chi connectivity index (χ0) is 10.0. The molecule has 1 rings (SSSR count). The molecule has 0 bridgehead atoms. The van der Waals surface area contributed by atoms with Gasteiger partial charge in [0.05, 0.1) is 22.9 Å². The smallest absolute Gasteiger partial charge is 0.186 e. The van der Waals surface area contributed by atoms with Crippen molar-refractivity contribution in [3.63, 3.8) is 0 Å². The summed E-state index contributed by atoms with van der Waals surface area (Å²) in [6, 6.07) is 0. The van der Waals surface area contributed by atoms with Crippen LogP contribution >= 0.6 is 22.9 Å². The van der Waals surface area contributed by atoms with Gasteiger partial charge >= 0.3 is 0 Å². The molecule has 0 amide bonds. The summed E-state index contributed by atoms with van der Waals surface area (Å²) >= 11 is 2.11. The standard InChI is InChI=1S/C8H11IN4/c1-4-5(2)11-8-7(10)12-6(3)13(8)9/h4H,1,10H2,2-3H3. The largest absolute Gasteiger partial charge is 0.381 e. The summed E-state index contributed by atoms with van der Waals surface area (Å²) in [5, 5.41) is 0. The van der Waals surface area contributed by atoms with Crippen molar-refractivity contribution >= 4 is 40.2 Å². The molecule has 1 aromatic heterocycles. The SMILES string of the molecule is C=CC(C)=Nc1c(N)nc(C)n1I. The quantitative estimate of drug-likeness (QED) is 0.671. The minimum atomic E-state index is 0.452. The van der Waals surface area contributed by atoms with Gasteiger partial charge in [-0.2, -0.15) is 0 Å². The van der Waals surface area contributed by atoms with Gasteiger partial charge < -0.3 is 5.73 Å². The van der Waals surface area contributed by atoms with Crippen molar-refractivity contribution in [2.45, 2.75) is 13.8 Å². The summed E-state index contributed by atoms with van der Waals surface area (Å²) in [6.07, 6.45) is 1.68. The van der Waals surface area contributed by atoms with Crippen LogP contribution in [0.1, 0.15) is 12.7 Å². The van der Waals surface area contributed by atoms with E-state index in [9.17, 15) is 0 Å². The Morgan fingerprint density at radius 1 is 1.77 bits per heavy atom. The van der Waals surface area contributed by atoms with Crippen LogP contribution in [0.5, 0.6) is 0 Å². The molecule has 13 heavy (non-hydrogen) atoms. The van der Waals surface area contributed by atoms with E-state index < -0.39 is 0 Å². The number of hydrogen-bond acceptors (Lipinski definition) is 3. The maximum absolute atomic E-state index is 5.67. The van der Waals surface area contributed by atoms with Gasteiger partial charge in [-0.1, -0.05) is 6.58 Å². The van der Waals surface area contributed by atoms with Gasteiger partial charge in [0.2, 0.25) is 0 Å². The average Bonchev–Trinajstić information content (AvgIpc) is 2.32. The van der Waals surface area contributed by atoms with E-state index in [0.29, 0.717) is 11.6 Å². The number of imidazole rings is 1. The van der Waals surface area contributed by atoms with E-state index in [4.69, 9.17) is 5.73 Å². The van der Waals surface area contributed by atoms with Gasteiger partial charge in [0.1, 0.15) is 5.82 Å². The monoisotopic (exact) mass is 290 g/mol. The molecule has 70 valence electrons. The first kappa shape index (κ1) is 10.2. The van der Waals surface area contributed by atoms with Crippen molar-refractivity contribution in [2.24, 2.45) is 4.99 Å². The number of aryl methyl sites for hydroxylation is 1. The van der Waals surface area contributed by atoms with Crippen molar-refractivity contribution in [3.05, 3.63) is 18.5 Å². The first-order valence-corrected chi connectivity index (χ1v) is 4.71. The number of anilines is 1. The molecular weight excluding hydrogens is 279 g/mol. The fraction of sp³-hybridized carbons (Fsp3) is 0.250. The van der Waals surface area contributed by atoms with Gasteiger partial charge in [0.15, 0.2) is 11.6 Å². The predicted octanol–water partition coefficient (Wildman–Crippen LogP) is 2.25. The summed E-state index contributed by atoms with van der Waals surface area (Å²) in [7, 11) is 0. The van der Waals surface area contributed by atoms with Gasteiger partial charge in [-0.3, -0.25) is 2.78 Å². The lowest BCUT2D eigenvalue weighted by atomic mass is 10.4. The molecule has 4 nitrogen and oxygen atoms in total. The molecule has 0 saturated carbocycles. The second-order valence-corrected chi connectivity index (χ2v) is 3.57. The molecule has 0 unspecified atom stereocenters. The van der Waals surface area contributed by atoms with Crippen LogP contribution in [-0.2, 0) is 0 Å². The van der Waals surface area contributed by atoms with E-state index in [1.807, 2.05) is 16.6 Å². The van der Waals surface area contributed by atoms with Crippen LogP contribution in [0.4, 0.5) is 11.6 Å². The Bertz CT molecular complexity index is 364. The second kappa shape index (κ2) is 3.91. The first-order chi connectivity index (χ1) is 6.06. The van der Waals surface area contributed by atoms with Gasteiger partial charge in [0, 0.05) is 5.71 Å². The molecule has 0 aliphatic rings. The molecule has 0 saturated heterocycles. The van der Waals surface area contributed by atoms with Crippen LogP contribution in [0, 0.1) is 6.92 Å². The van der Waals surface area contributed by atoms with Crippen LogP contribution < -0.4 is 5.73 Å². The third-order valence-corrected chi connectivity index (χ3v) is 2.71. The number of allylic oxidation sites excluding steroid dienone is 1. The van der Waals surface area contributed by atoms with E-state index in [1.165, 1.54) is 0 Å². The molecular formula is C8H11IN4. The van der Waals surface area contributed by atoms with Crippen LogP contribution in [0.2, 0.25) is 0 Å². The molecule has 0 radical (unpaired) electrons. The van der Waals surface area contributed by atoms with E-state index in [-0.39, 0.29) is 0 Å². The molecule has 0 fully saturated rings. The summed E-state index contributed by atoms with van der Waals surface area (Å²) in [5.74, 6) is 1.97. The van der Waals surface area contributed by atoms with Gasteiger partial charge in [0.25, 0.3) is 0 Å². The lowest BCUT2D eigenvalue weighted by molar-refractivity contribution is 1.12. The van der Waals surface area contributed by atoms with Crippen LogP contribution in [0.25, 0.3) is 0 Å². The molecule has 0 aliphatic carbocycles. The first-order valence-electron chi connectivity index (χ1n) is 3.75. The average molecular weight is 290 g/mol. The zero-order valence-corrected chi connectivity index (χ0v) is 9.74. The van der Waals surface area contributed by atoms with Gasteiger partial charge in [-0.25, -0.2) is 9.98 Å². The van der Waals surface area contributed by atoms with E-state index >= 15 is 0 Å². The maximum Gasteiger partial charge on any atom is 0.186 e. The van der Waals surface area contributed by atoms with Crippen molar-refractivity contribution in [2.75, 3.05) is 5.73 Å². The molecule has 2 N–H and O–H groups in total. The number of nitrogens with two attached hydrogens (primary N) is 1. The maximum atomic E-state index is 5.67. The van der Waals surface area contributed by atoms with Gasteiger partial charge in [-0.05, 0) is 19.9 Å². The number of nitrogen functional groups attached to an aromatic ring is 1. The summed E-state index contributed by atoms with van der Waals surface area (Å²) in [5.41, 5.74) is 6.49. The molecule has 1 heterocycles. The number of hydrogen-bond donors (Lipinski definition) is 1. The van der Waals surface area contributed by atoms with E-state index in [0.717, 1.165) is 11.5 Å². The van der Waals surface area contributed by atoms with Crippen molar-refractivity contribution in [1.82, 2.24) is 7.76 Å².